The Kier molecular flexibility index (Phi) is 3.69. The summed E-state index contributed by atoms with van der Waals surface area (Å²) >= 11 is 0. The maximum atomic E-state index is 10.9. The number of carbonyl (C=O) groups excluding carboxylic acids is 1. The number of carbonyl (C=O) groups is 1. The highest BCUT2D eigenvalue weighted by Gasteiger charge is 2.31. The standard InChI is InChI=1S/C11H18O3/c1-3-10(13)14-8-11(2)6-4-9(12)5-7-11/h3,9,12H,1,4-8H2,2H3. The Hall–Kier alpha value is -0.830. The molecule has 3 heteroatoms. The van der Waals surface area contributed by atoms with Gasteiger partial charge in [0.05, 0.1) is 12.7 Å². The highest BCUT2D eigenvalue weighted by molar-refractivity contribution is 5.81. The van der Waals surface area contributed by atoms with Crippen molar-refractivity contribution in [2.24, 2.45) is 5.41 Å². The van der Waals surface area contributed by atoms with Crippen LogP contribution >= 0.6 is 0 Å². The van der Waals surface area contributed by atoms with E-state index in [9.17, 15) is 9.90 Å². The molecule has 0 spiro atoms. The van der Waals surface area contributed by atoms with Crippen LogP contribution in [-0.2, 0) is 9.53 Å². The van der Waals surface area contributed by atoms with Crippen molar-refractivity contribution in [3.8, 4) is 0 Å². The highest BCUT2D eigenvalue weighted by atomic mass is 16.5. The van der Waals surface area contributed by atoms with Gasteiger partial charge in [0.25, 0.3) is 0 Å². The summed E-state index contributed by atoms with van der Waals surface area (Å²) in [7, 11) is 0. The van der Waals surface area contributed by atoms with Crippen molar-refractivity contribution >= 4 is 5.97 Å². The molecule has 0 amide bonds. The number of esters is 1. The number of hydrogen-bond donors (Lipinski definition) is 1. The van der Waals surface area contributed by atoms with E-state index in [0.29, 0.717) is 6.61 Å². The van der Waals surface area contributed by atoms with Crippen LogP contribution < -0.4 is 0 Å². The molecule has 1 fully saturated rings. The van der Waals surface area contributed by atoms with Crippen LogP contribution in [0.25, 0.3) is 0 Å². The third kappa shape index (κ3) is 3.14. The lowest BCUT2D eigenvalue weighted by molar-refractivity contribution is -0.142. The molecule has 0 bridgehead atoms. The quantitative estimate of drug-likeness (QED) is 0.554. The zero-order valence-corrected chi connectivity index (χ0v) is 8.66. The molecule has 0 heterocycles. The summed E-state index contributed by atoms with van der Waals surface area (Å²) in [5, 5.41) is 9.34. The summed E-state index contributed by atoms with van der Waals surface area (Å²) in [6.07, 6.45) is 4.46. The van der Waals surface area contributed by atoms with Gasteiger partial charge in [-0.3, -0.25) is 0 Å². The Morgan fingerprint density at radius 3 is 2.71 bits per heavy atom. The van der Waals surface area contributed by atoms with Crippen molar-refractivity contribution < 1.29 is 14.6 Å². The van der Waals surface area contributed by atoms with E-state index < -0.39 is 0 Å². The molecule has 1 aliphatic rings. The van der Waals surface area contributed by atoms with Gasteiger partial charge >= 0.3 is 5.97 Å². The molecule has 3 nitrogen and oxygen atoms in total. The van der Waals surface area contributed by atoms with Gasteiger partial charge in [-0.05, 0) is 25.7 Å². The molecule has 80 valence electrons. The first-order valence-corrected chi connectivity index (χ1v) is 5.03. The van der Waals surface area contributed by atoms with Crippen LogP contribution in [-0.4, -0.2) is 23.8 Å². The van der Waals surface area contributed by atoms with E-state index in [1.54, 1.807) is 0 Å². The van der Waals surface area contributed by atoms with Gasteiger partial charge in [0.15, 0.2) is 0 Å². The second-order valence-electron chi connectivity index (χ2n) is 4.35. The summed E-state index contributed by atoms with van der Waals surface area (Å²) < 4.78 is 5.03. The molecule has 0 aromatic rings. The molecule has 0 saturated heterocycles. The van der Waals surface area contributed by atoms with Crippen LogP contribution in [0.5, 0.6) is 0 Å². The molecular weight excluding hydrogens is 180 g/mol. The number of aliphatic hydroxyl groups is 1. The van der Waals surface area contributed by atoms with E-state index in [1.807, 2.05) is 0 Å². The fourth-order valence-corrected chi connectivity index (χ4v) is 1.75. The molecular formula is C11H18O3. The summed E-state index contributed by atoms with van der Waals surface area (Å²) in [5.41, 5.74) is 0.0396. The van der Waals surface area contributed by atoms with E-state index in [1.165, 1.54) is 6.08 Å². The fourth-order valence-electron chi connectivity index (χ4n) is 1.75. The second-order valence-corrected chi connectivity index (χ2v) is 4.35. The van der Waals surface area contributed by atoms with Crippen molar-refractivity contribution in [2.75, 3.05) is 6.61 Å². The Morgan fingerprint density at radius 2 is 2.21 bits per heavy atom. The third-order valence-electron chi connectivity index (χ3n) is 2.89. The van der Waals surface area contributed by atoms with Gasteiger partial charge in [0.1, 0.15) is 0 Å². The predicted octanol–water partition coefficient (Wildman–Crippen LogP) is 1.66. The lowest BCUT2D eigenvalue weighted by Gasteiger charge is -2.34. The SMILES string of the molecule is C=CC(=O)OCC1(C)CCC(O)CC1. The number of ether oxygens (including phenoxy) is 1. The Balaban J connectivity index is 2.35. The van der Waals surface area contributed by atoms with Gasteiger partial charge in [0, 0.05) is 11.5 Å². The van der Waals surface area contributed by atoms with Crippen LogP contribution in [0.4, 0.5) is 0 Å². The van der Waals surface area contributed by atoms with Gasteiger partial charge < -0.3 is 9.84 Å². The third-order valence-corrected chi connectivity index (χ3v) is 2.89. The lowest BCUT2D eigenvalue weighted by Crippen LogP contribution is -2.31. The van der Waals surface area contributed by atoms with Gasteiger partial charge in [0.2, 0.25) is 0 Å². The largest absolute Gasteiger partial charge is 0.462 e. The van der Waals surface area contributed by atoms with E-state index in [-0.39, 0.29) is 17.5 Å². The van der Waals surface area contributed by atoms with Crippen molar-refractivity contribution in [3.05, 3.63) is 12.7 Å². The van der Waals surface area contributed by atoms with E-state index in [2.05, 4.69) is 13.5 Å². The van der Waals surface area contributed by atoms with Crippen LogP contribution in [0, 0.1) is 5.41 Å². The Labute approximate surface area is 84.8 Å². The fraction of sp³-hybridized carbons (Fsp3) is 0.727. The number of hydrogen-bond acceptors (Lipinski definition) is 3. The second kappa shape index (κ2) is 4.60. The monoisotopic (exact) mass is 198 g/mol. The van der Waals surface area contributed by atoms with Gasteiger partial charge in [-0.15, -0.1) is 0 Å². The molecule has 0 unspecified atom stereocenters. The average Bonchev–Trinajstić information content (AvgIpc) is 2.20. The molecule has 0 aromatic carbocycles. The van der Waals surface area contributed by atoms with Crippen LogP contribution in [0.3, 0.4) is 0 Å². The molecule has 1 rings (SSSR count). The van der Waals surface area contributed by atoms with E-state index >= 15 is 0 Å². The number of rotatable bonds is 3. The molecule has 1 saturated carbocycles. The first kappa shape index (κ1) is 11.2. The minimum Gasteiger partial charge on any atom is -0.462 e. The number of aliphatic hydroxyl groups excluding tert-OH is 1. The van der Waals surface area contributed by atoms with Crippen molar-refractivity contribution in [2.45, 2.75) is 38.7 Å². The van der Waals surface area contributed by atoms with Gasteiger partial charge in [-0.2, -0.15) is 0 Å². The smallest absolute Gasteiger partial charge is 0.330 e. The molecule has 1 N–H and O–H groups in total. The Bertz CT molecular complexity index is 215. The molecule has 14 heavy (non-hydrogen) atoms. The van der Waals surface area contributed by atoms with Crippen molar-refractivity contribution in [1.29, 1.82) is 0 Å². The normalized spacial score (nSPS) is 32.3. The van der Waals surface area contributed by atoms with E-state index in [4.69, 9.17) is 4.74 Å². The topological polar surface area (TPSA) is 46.5 Å². The molecule has 0 aromatic heterocycles. The first-order valence-electron chi connectivity index (χ1n) is 5.03. The first-order chi connectivity index (χ1) is 6.56. The maximum Gasteiger partial charge on any atom is 0.330 e. The molecule has 0 atom stereocenters. The zero-order valence-electron chi connectivity index (χ0n) is 8.66. The Morgan fingerprint density at radius 1 is 1.64 bits per heavy atom. The average molecular weight is 198 g/mol. The maximum absolute atomic E-state index is 10.9. The van der Waals surface area contributed by atoms with E-state index in [0.717, 1.165) is 25.7 Å². The van der Waals surface area contributed by atoms with Gasteiger partial charge in [-0.25, -0.2) is 4.79 Å². The summed E-state index contributed by atoms with van der Waals surface area (Å²) in [5.74, 6) is -0.364. The highest BCUT2D eigenvalue weighted by Crippen LogP contribution is 2.36. The minimum absolute atomic E-state index is 0.0396. The minimum atomic E-state index is -0.364. The lowest BCUT2D eigenvalue weighted by atomic mass is 9.75. The summed E-state index contributed by atoms with van der Waals surface area (Å²) in [6.45, 7) is 5.87. The molecule has 1 aliphatic carbocycles. The van der Waals surface area contributed by atoms with Crippen LogP contribution in [0.2, 0.25) is 0 Å². The van der Waals surface area contributed by atoms with Crippen molar-refractivity contribution in [1.82, 2.24) is 0 Å². The summed E-state index contributed by atoms with van der Waals surface area (Å²) in [6, 6.07) is 0. The van der Waals surface area contributed by atoms with Crippen LogP contribution in [0.15, 0.2) is 12.7 Å². The predicted molar refractivity (Wildman–Crippen MR) is 53.7 cm³/mol. The zero-order chi connectivity index (χ0) is 10.6. The molecule has 0 radical (unpaired) electrons. The van der Waals surface area contributed by atoms with Crippen LogP contribution in [0.1, 0.15) is 32.6 Å². The van der Waals surface area contributed by atoms with Crippen molar-refractivity contribution in [3.63, 3.8) is 0 Å². The molecule has 0 aliphatic heterocycles. The summed E-state index contributed by atoms with van der Waals surface area (Å²) in [4.78, 5) is 10.9. The van der Waals surface area contributed by atoms with Gasteiger partial charge in [-0.1, -0.05) is 13.5 Å².